The maximum absolute atomic E-state index is 11.3. The van der Waals surface area contributed by atoms with Gasteiger partial charge in [0.05, 0.1) is 5.92 Å². The van der Waals surface area contributed by atoms with Crippen molar-refractivity contribution in [2.24, 2.45) is 5.92 Å². The van der Waals surface area contributed by atoms with E-state index in [1.165, 1.54) is 5.56 Å². The number of rotatable bonds is 4. The number of hydrogen-bond donors (Lipinski definition) is 0. The summed E-state index contributed by atoms with van der Waals surface area (Å²) in [6, 6.07) is 8.52. The highest BCUT2D eigenvalue weighted by Crippen LogP contribution is 2.21. The lowest BCUT2D eigenvalue weighted by Gasteiger charge is -2.38. The molecule has 120 valence electrons. The molecule has 1 heterocycles. The molecule has 1 aromatic rings. The molecule has 0 saturated carbocycles. The van der Waals surface area contributed by atoms with Gasteiger partial charge in [-0.1, -0.05) is 52.4 Å². The number of benzene rings is 1. The van der Waals surface area contributed by atoms with Gasteiger partial charge in [0, 0.05) is 42.9 Å². The normalized spacial score (nSPS) is 21.9. The third kappa shape index (κ3) is 4.21. The van der Waals surface area contributed by atoms with E-state index in [4.69, 9.17) is 0 Å². The first-order valence-electron chi connectivity index (χ1n) is 7.98. The highest BCUT2D eigenvalue weighted by atomic mass is 79.9. The number of carbonyl (C=O) groups is 1. The van der Waals surface area contributed by atoms with Crippen molar-refractivity contribution in [1.29, 1.82) is 0 Å². The average Bonchev–Trinajstić information content (AvgIpc) is 2.83. The zero-order valence-electron chi connectivity index (χ0n) is 13.1. The minimum absolute atomic E-state index is 0.122. The van der Waals surface area contributed by atoms with Crippen LogP contribution in [0.1, 0.15) is 5.56 Å². The molecule has 0 bridgehead atoms. The molecular weight excluding hydrogens is 352 g/mol. The molecule has 0 N–H and O–H groups in total. The predicted octanol–water partition coefficient (Wildman–Crippen LogP) is 3.39. The van der Waals surface area contributed by atoms with Gasteiger partial charge in [-0.25, -0.2) is 0 Å². The first-order chi connectivity index (χ1) is 11.3. The fraction of sp³-hybridized carbons (Fsp3) is 0.316. The molecule has 3 nitrogen and oxygen atoms in total. The monoisotopic (exact) mass is 372 g/mol. The molecular formula is C19H21BrN2O. The molecule has 0 aromatic heterocycles. The molecule has 0 amide bonds. The van der Waals surface area contributed by atoms with Crippen LogP contribution in [0.25, 0.3) is 0 Å². The van der Waals surface area contributed by atoms with E-state index in [-0.39, 0.29) is 5.92 Å². The van der Waals surface area contributed by atoms with Crippen LogP contribution in [0.15, 0.2) is 64.8 Å². The van der Waals surface area contributed by atoms with Crippen LogP contribution in [0.4, 0.5) is 0 Å². The van der Waals surface area contributed by atoms with Gasteiger partial charge in [0.2, 0.25) is 0 Å². The van der Waals surface area contributed by atoms with Crippen LogP contribution < -0.4 is 0 Å². The number of nitrogens with zero attached hydrogens (tertiary/aromatic N) is 2. The quantitative estimate of drug-likeness (QED) is 0.756. The summed E-state index contributed by atoms with van der Waals surface area (Å²) in [5, 5.41) is 0. The van der Waals surface area contributed by atoms with Gasteiger partial charge in [-0.2, -0.15) is 0 Å². The van der Waals surface area contributed by atoms with Crippen LogP contribution in [0.2, 0.25) is 0 Å². The Kier molecular flexibility index (Phi) is 5.47. The smallest absolute Gasteiger partial charge is 0.132 e. The van der Waals surface area contributed by atoms with E-state index < -0.39 is 0 Å². The third-order valence-electron chi connectivity index (χ3n) is 4.35. The molecule has 23 heavy (non-hydrogen) atoms. The Morgan fingerprint density at radius 1 is 1.04 bits per heavy atom. The van der Waals surface area contributed by atoms with E-state index in [0.29, 0.717) is 0 Å². The molecule has 1 unspecified atom stereocenters. The van der Waals surface area contributed by atoms with Gasteiger partial charge in [-0.3, -0.25) is 4.90 Å². The summed E-state index contributed by atoms with van der Waals surface area (Å²) in [6.45, 7) is 4.96. The van der Waals surface area contributed by atoms with Crippen molar-refractivity contribution >= 4 is 22.2 Å². The molecule has 1 saturated heterocycles. The molecule has 1 atom stereocenters. The van der Waals surface area contributed by atoms with Crippen LogP contribution in [0.3, 0.4) is 0 Å². The Labute approximate surface area is 146 Å². The zero-order chi connectivity index (χ0) is 16.1. The lowest BCUT2D eigenvalue weighted by Crippen LogP contribution is -2.46. The number of hydrogen-bond acceptors (Lipinski definition) is 3. The summed E-state index contributed by atoms with van der Waals surface area (Å²) in [5.41, 5.74) is 2.46. The van der Waals surface area contributed by atoms with Crippen LogP contribution in [-0.4, -0.2) is 42.3 Å². The van der Waals surface area contributed by atoms with Crippen molar-refractivity contribution < 1.29 is 4.79 Å². The van der Waals surface area contributed by atoms with E-state index in [0.717, 1.165) is 49.2 Å². The Morgan fingerprint density at radius 3 is 2.48 bits per heavy atom. The average molecular weight is 373 g/mol. The molecule has 4 heteroatoms. The molecule has 1 fully saturated rings. The van der Waals surface area contributed by atoms with Gasteiger partial charge < -0.3 is 9.69 Å². The van der Waals surface area contributed by atoms with Crippen molar-refractivity contribution in [3.05, 3.63) is 70.4 Å². The number of carbonyl (C=O) groups excluding carboxylic acids is 1. The van der Waals surface area contributed by atoms with E-state index in [2.05, 4.69) is 56.1 Å². The topological polar surface area (TPSA) is 23.6 Å². The van der Waals surface area contributed by atoms with Crippen molar-refractivity contribution in [3.8, 4) is 0 Å². The molecule has 0 radical (unpaired) electrons. The Balaban J connectivity index is 1.58. The van der Waals surface area contributed by atoms with Crippen LogP contribution >= 0.6 is 15.9 Å². The second kappa shape index (κ2) is 7.75. The zero-order valence-corrected chi connectivity index (χ0v) is 14.7. The Morgan fingerprint density at radius 2 is 1.78 bits per heavy atom. The van der Waals surface area contributed by atoms with Gasteiger partial charge in [-0.15, -0.1) is 0 Å². The maximum Gasteiger partial charge on any atom is 0.132 e. The molecule has 3 rings (SSSR count). The van der Waals surface area contributed by atoms with Gasteiger partial charge in [0.25, 0.3) is 0 Å². The molecule has 0 spiro atoms. The Bertz CT molecular complexity index is 625. The summed E-state index contributed by atoms with van der Waals surface area (Å²) in [7, 11) is 0. The minimum Gasteiger partial charge on any atom is -0.371 e. The second-order valence-electron chi connectivity index (χ2n) is 5.91. The van der Waals surface area contributed by atoms with Gasteiger partial charge >= 0.3 is 0 Å². The van der Waals surface area contributed by atoms with Crippen LogP contribution in [0.5, 0.6) is 0 Å². The maximum atomic E-state index is 11.3. The summed E-state index contributed by atoms with van der Waals surface area (Å²) < 4.78 is 1.12. The van der Waals surface area contributed by atoms with Crippen LogP contribution in [-0.2, 0) is 11.3 Å². The molecule has 1 aliphatic heterocycles. The summed E-state index contributed by atoms with van der Waals surface area (Å²) in [5.74, 6) is -0.122. The highest BCUT2D eigenvalue weighted by molar-refractivity contribution is 9.10. The van der Waals surface area contributed by atoms with E-state index in [9.17, 15) is 4.79 Å². The van der Waals surface area contributed by atoms with Gasteiger partial charge in [0.1, 0.15) is 6.29 Å². The first-order valence-corrected chi connectivity index (χ1v) is 8.77. The molecule has 1 aromatic carbocycles. The minimum atomic E-state index is -0.122. The second-order valence-corrected chi connectivity index (χ2v) is 6.83. The first kappa shape index (κ1) is 16.2. The third-order valence-corrected chi connectivity index (χ3v) is 4.88. The van der Waals surface area contributed by atoms with Crippen molar-refractivity contribution in [1.82, 2.24) is 9.80 Å². The number of halogens is 1. The Hall–Kier alpha value is -1.65. The summed E-state index contributed by atoms with van der Waals surface area (Å²) in [4.78, 5) is 16.2. The highest BCUT2D eigenvalue weighted by Gasteiger charge is 2.22. The number of aldehydes is 1. The van der Waals surface area contributed by atoms with Crippen molar-refractivity contribution in [3.63, 3.8) is 0 Å². The standard InChI is InChI=1S/C19H21BrN2O/c20-18-8-6-16(7-9-18)14-21-10-12-22(13-11-21)19-5-3-1-2-4-17(19)15-23/h1-9,15,17H,10-14H2. The summed E-state index contributed by atoms with van der Waals surface area (Å²) in [6.07, 6.45) is 11.0. The van der Waals surface area contributed by atoms with Gasteiger partial charge in [0.15, 0.2) is 0 Å². The summed E-state index contributed by atoms with van der Waals surface area (Å²) >= 11 is 3.48. The van der Waals surface area contributed by atoms with Crippen molar-refractivity contribution in [2.45, 2.75) is 6.54 Å². The van der Waals surface area contributed by atoms with Gasteiger partial charge in [-0.05, 0) is 23.8 Å². The van der Waals surface area contributed by atoms with E-state index in [1.54, 1.807) is 0 Å². The fourth-order valence-electron chi connectivity index (χ4n) is 3.06. The molecule has 2 aliphatic rings. The van der Waals surface area contributed by atoms with Crippen LogP contribution in [0, 0.1) is 5.92 Å². The number of allylic oxidation sites excluding steroid dienone is 5. The SMILES string of the molecule is O=CC1C=CC=CC=C1N1CCN(Cc2ccc(Br)cc2)CC1. The lowest BCUT2D eigenvalue weighted by molar-refractivity contribution is -0.109. The molecule has 1 aliphatic carbocycles. The van der Waals surface area contributed by atoms with E-state index >= 15 is 0 Å². The van der Waals surface area contributed by atoms with E-state index in [1.807, 2.05) is 24.3 Å². The van der Waals surface area contributed by atoms with Crippen molar-refractivity contribution in [2.75, 3.05) is 26.2 Å². The predicted molar refractivity (Wildman–Crippen MR) is 96.9 cm³/mol. The fourth-order valence-corrected chi connectivity index (χ4v) is 3.32. The largest absolute Gasteiger partial charge is 0.371 e. The number of piperazine rings is 1. The lowest BCUT2D eigenvalue weighted by atomic mass is 10.0.